The molecule has 76 valence electrons. The third-order valence-electron chi connectivity index (χ3n) is 3.46. The lowest BCUT2D eigenvalue weighted by atomic mass is 9.79. The second kappa shape index (κ2) is 3.30. The Bertz CT molecular complexity index is 320. The van der Waals surface area contributed by atoms with Gasteiger partial charge in [-0.3, -0.25) is 0 Å². The maximum absolute atomic E-state index is 2.40. The van der Waals surface area contributed by atoms with Crippen LogP contribution in [0.4, 0.5) is 0 Å². The van der Waals surface area contributed by atoms with Crippen molar-refractivity contribution in [2.24, 2.45) is 17.8 Å². The van der Waals surface area contributed by atoms with Gasteiger partial charge in [-0.2, -0.15) is 0 Å². The topological polar surface area (TPSA) is 3.24 Å². The van der Waals surface area contributed by atoms with Gasteiger partial charge in [0.1, 0.15) is 0 Å². The Morgan fingerprint density at radius 3 is 2.71 bits per heavy atom. The van der Waals surface area contributed by atoms with Gasteiger partial charge >= 0.3 is 0 Å². The minimum atomic E-state index is 0.616. The van der Waals surface area contributed by atoms with Crippen molar-refractivity contribution in [2.75, 3.05) is 7.05 Å². The number of nitrogens with zero attached hydrogens (tertiary/aromatic N) is 1. The van der Waals surface area contributed by atoms with Gasteiger partial charge in [0.15, 0.2) is 0 Å². The van der Waals surface area contributed by atoms with E-state index in [1.807, 2.05) is 0 Å². The summed E-state index contributed by atoms with van der Waals surface area (Å²) in [6.07, 6.45) is 9.21. The van der Waals surface area contributed by atoms with Crippen molar-refractivity contribution in [1.29, 1.82) is 0 Å². The fourth-order valence-corrected chi connectivity index (χ4v) is 2.45. The van der Waals surface area contributed by atoms with Crippen LogP contribution in [0, 0.1) is 17.8 Å². The van der Waals surface area contributed by atoms with E-state index in [1.54, 1.807) is 0 Å². The van der Waals surface area contributed by atoms with Gasteiger partial charge in [-0.1, -0.05) is 32.1 Å². The van der Waals surface area contributed by atoms with Gasteiger partial charge in [-0.15, -0.1) is 0 Å². The van der Waals surface area contributed by atoms with Crippen LogP contribution in [0.5, 0.6) is 0 Å². The molecule has 2 atom stereocenters. The summed E-state index contributed by atoms with van der Waals surface area (Å²) in [4.78, 5) is 2.31. The highest BCUT2D eigenvalue weighted by Gasteiger charge is 2.32. The summed E-state index contributed by atoms with van der Waals surface area (Å²) in [6.45, 7) is 6.80. The van der Waals surface area contributed by atoms with E-state index in [0.717, 1.165) is 5.92 Å². The average Bonchev–Trinajstić information content (AvgIpc) is 2.43. The summed E-state index contributed by atoms with van der Waals surface area (Å²) < 4.78 is 0. The molecule has 2 aliphatic rings. The summed E-state index contributed by atoms with van der Waals surface area (Å²) in [5, 5.41) is 0. The van der Waals surface area contributed by atoms with E-state index in [1.165, 1.54) is 11.4 Å². The number of rotatable bonds is 1. The predicted octanol–water partition coefficient (Wildman–Crippen LogP) is 3.18. The van der Waals surface area contributed by atoms with E-state index in [2.05, 4.69) is 57.0 Å². The smallest absolute Gasteiger partial charge is 0.0257 e. The van der Waals surface area contributed by atoms with Crippen molar-refractivity contribution in [3.63, 3.8) is 0 Å². The molecule has 1 nitrogen and oxygen atoms in total. The van der Waals surface area contributed by atoms with Gasteiger partial charge < -0.3 is 4.90 Å². The van der Waals surface area contributed by atoms with Crippen molar-refractivity contribution < 1.29 is 0 Å². The highest BCUT2D eigenvalue weighted by molar-refractivity contribution is 5.34. The van der Waals surface area contributed by atoms with Crippen molar-refractivity contribution in [2.45, 2.75) is 20.8 Å². The van der Waals surface area contributed by atoms with Crippen molar-refractivity contribution in [3.8, 4) is 0 Å². The first kappa shape index (κ1) is 9.57. The van der Waals surface area contributed by atoms with Crippen LogP contribution in [0.25, 0.3) is 0 Å². The Labute approximate surface area is 86.8 Å². The lowest BCUT2D eigenvalue weighted by Gasteiger charge is -2.29. The number of allylic oxidation sites excluding steroid dienone is 5. The molecule has 0 bridgehead atoms. The normalized spacial score (nSPS) is 30.5. The summed E-state index contributed by atoms with van der Waals surface area (Å²) in [5.74, 6) is 2.01. The second-order valence-corrected chi connectivity index (χ2v) is 4.69. The molecule has 0 fully saturated rings. The van der Waals surface area contributed by atoms with Crippen LogP contribution in [0.2, 0.25) is 0 Å². The van der Waals surface area contributed by atoms with Crippen LogP contribution < -0.4 is 0 Å². The van der Waals surface area contributed by atoms with Crippen LogP contribution in [0.15, 0.2) is 35.7 Å². The molecule has 1 aliphatic heterocycles. The average molecular weight is 189 g/mol. The molecule has 0 radical (unpaired) electrons. The van der Waals surface area contributed by atoms with E-state index in [4.69, 9.17) is 0 Å². The molecule has 1 heterocycles. The molecule has 0 aromatic heterocycles. The molecule has 0 saturated carbocycles. The summed E-state index contributed by atoms with van der Waals surface area (Å²) in [7, 11) is 2.16. The van der Waals surface area contributed by atoms with Crippen LogP contribution >= 0.6 is 0 Å². The Hall–Kier alpha value is -0.980. The second-order valence-electron chi connectivity index (χ2n) is 4.69. The Morgan fingerprint density at radius 2 is 2.07 bits per heavy atom. The number of hydrogen-bond acceptors (Lipinski definition) is 1. The van der Waals surface area contributed by atoms with Crippen molar-refractivity contribution in [3.05, 3.63) is 35.7 Å². The fourth-order valence-electron chi connectivity index (χ4n) is 2.45. The maximum atomic E-state index is 2.40. The summed E-state index contributed by atoms with van der Waals surface area (Å²) in [6, 6.07) is 0. The highest BCUT2D eigenvalue weighted by atomic mass is 15.1. The van der Waals surface area contributed by atoms with E-state index >= 15 is 0 Å². The molecule has 2 unspecified atom stereocenters. The lowest BCUT2D eigenvalue weighted by molar-refractivity contribution is 0.366. The lowest BCUT2D eigenvalue weighted by Crippen LogP contribution is -2.23. The molecular weight excluding hydrogens is 170 g/mol. The highest BCUT2D eigenvalue weighted by Crippen LogP contribution is 2.40. The maximum Gasteiger partial charge on any atom is 0.0257 e. The van der Waals surface area contributed by atoms with Gasteiger partial charge in [-0.25, -0.2) is 0 Å². The first-order chi connectivity index (χ1) is 6.61. The van der Waals surface area contributed by atoms with E-state index in [0.29, 0.717) is 11.8 Å². The fraction of sp³-hybridized carbons (Fsp3) is 0.538. The molecule has 0 spiro atoms. The molecule has 0 aromatic rings. The van der Waals surface area contributed by atoms with Crippen LogP contribution in [-0.4, -0.2) is 11.9 Å². The molecule has 0 amide bonds. The third-order valence-corrected chi connectivity index (χ3v) is 3.46. The van der Waals surface area contributed by atoms with Gasteiger partial charge in [0.2, 0.25) is 0 Å². The van der Waals surface area contributed by atoms with Crippen molar-refractivity contribution >= 4 is 0 Å². The quantitative estimate of drug-likeness (QED) is 0.612. The molecule has 0 saturated heterocycles. The molecular formula is C13H19N. The van der Waals surface area contributed by atoms with Crippen molar-refractivity contribution in [1.82, 2.24) is 4.90 Å². The Balaban J connectivity index is 2.32. The molecule has 14 heavy (non-hydrogen) atoms. The summed E-state index contributed by atoms with van der Waals surface area (Å²) in [5.41, 5.74) is 2.85. The minimum absolute atomic E-state index is 0.616. The summed E-state index contributed by atoms with van der Waals surface area (Å²) >= 11 is 0. The largest absolute Gasteiger partial charge is 0.352 e. The molecule has 2 rings (SSSR count). The van der Waals surface area contributed by atoms with Gasteiger partial charge in [0.25, 0.3) is 0 Å². The monoisotopic (exact) mass is 189 g/mol. The number of fused-ring (bicyclic) bond motifs is 1. The molecule has 0 aromatic carbocycles. The van der Waals surface area contributed by atoms with Gasteiger partial charge in [0, 0.05) is 24.4 Å². The predicted molar refractivity (Wildman–Crippen MR) is 60.6 cm³/mol. The van der Waals surface area contributed by atoms with Crippen LogP contribution in [-0.2, 0) is 0 Å². The third kappa shape index (κ3) is 1.31. The first-order valence-electron chi connectivity index (χ1n) is 5.42. The van der Waals surface area contributed by atoms with Crippen LogP contribution in [0.1, 0.15) is 20.8 Å². The van der Waals surface area contributed by atoms with E-state index in [-0.39, 0.29) is 0 Å². The standard InChI is InChI=1S/C13H19N/c1-9(2)11-6-5-7-13-12(11)8-10(3)14(13)4/h5-9,11-12H,1-4H3. The minimum Gasteiger partial charge on any atom is -0.352 e. The van der Waals surface area contributed by atoms with Crippen LogP contribution in [0.3, 0.4) is 0 Å². The van der Waals surface area contributed by atoms with E-state index in [9.17, 15) is 0 Å². The SMILES string of the molecule is CC1=CC2C(=CC=CC2C(C)C)N1C. The van der Waals surface area contributed by atoms with E-state index < -0.39 is 0 Å². The molecule has 1 heteroatoms. The van der Waals surface area contributed by atoms with Gasteiger partial charge in [0.05, 0.1) is 0 Å². The zero-order valence-electron chi connectivity index (χ0n) is 9.49. The Kier molecular flexibility index (Phi) is 2.26. The first-order valence-corrected chi connectivity index (χ1v) is 5.42. The number of hydrogen-bond donors (Lipinski definition) is 0. The molecule has 1 aliphatic carbocycles. The zero-order chi connectivity index (χ0) is 10.3. The zero-order valence-corrected chi connectivity index (χ0v) is 9.49. The van der Waals surface area contributed by atoms with Gasteiger partial charge in [-0.05, 0) is 24.8 Å². The Morgan fingerprint density at radius 1 is 1.36 bits per heavy atom. The molecule has 0 N–H and O–H groups in total.